The van der Waals surface area contributed by atoms with Crippen molar-refractivity contribution in [2.75, 3.05) is 19.7 Å². The Kier molecular flexibility index (Phi) is 4.13. The molecule has 2 unspecified atom stereocenters. The summed E-state index contributed by atoms with van der Waals surface area (Å²) in [6, 6.07) is 8.84. The lowest BCUT2D eigenvalue weighted by Crippen LogP contribution is -2.43. The summed E-state index contributed by atoms with van der Waals surface area (Å²) in [6.07, 6.45) is 5.57. The van der Waals surface area contributed by atoms with Gasteiger partial charge in [-0.2, -0.15) is 0 Å². The van der Waals surface area contributed by atoms with Crippen molar-refractivity contribution in [2.45, 2.75) is 45.6 Å². The fourth-order valence-electron chi connectivity index (χ4n) is 3.75. The second-order valence-corrected chi connectivity index (χ2v) is 6.62. The summed E-state index contributed by atoms with van der Waals surface area (Å²) in [5.41, 5.74) is 3.23. The maximum absolute atomic E-state index is 6.16. The second-order valence-electron chi connectivity index (χ2n) is 6.62. The highest BCUT2D eigenvalue weighted by Gasteiger charge is 2.50. The van der Waals surface area contributed by atoms with E-state index < -0.39 is 0 Å². The first-order valence-corrected chi connectivity index (χ1v) is 8.12. The van der Waals surface area contributed by atoms with Crippen LogP contribution in [0.2, 0.25) is 0 Å². The Morgan fingerprint density at radius 3 is 2.80 bits per heavy atom. The molecule has 1 aliphatic heterocycles. The van der Waals surface area contributed by atoms with E-state index in [0.717, 1.165) is 32.0 Å². The molecule has 3 rings (SSSR count). The molecule has 1 aromatic carbocycles. The van der Waals surface area contributed by atoms with Crippen molar-refractivity contribution in [1.82, 2.24) is 5.32 Å². The Bertz CT molecular complexity index is 454. The number of benzene rings is 1. The van der Waals surface area contributed by atoms with Crippen LogP contribution in [-0.4, -0.2) is 25.8 Å². The van der Waals surface area contributed by atoms with Crippen molar-refractivity contribution in [2.24, 2.45) is 11.3 Å². The van der Waals surface area contributed by atoms with Gasteiger partial charge in [-0.25, -0.2) is 0 Å². The van der Waals surface area contributed by atoms with Crippen molar-refractivity contribution < 1.29 is 4.74 Å². The van der Waals surface area contributed by atoms with Crippen molar-refractivity contribution in [3.8, 4) is 0 Å². The number of aryl methyl sites for hydroxylation is 1. The van der Waals surface area contributed by atoms with E-state index >= 15 is 0 Å². The molecule has 0 bridgehead atoms. The zero-order valence-electron chi connectivity index (χ0n) is 12.8. The zero-order chi connectivity index (χ0) is 14.0. The van der Waals surface area contributed by atoms with E-state index in [-0.39, 0.29) is 0 Å². The molecule has 1 heterocycles. The summed E-state index contributed by atoms with van der Waals surface area (Å²) >= 11 is 0. The van der Waals surface area contributed by atoms with E-state index in [9.17, 15) is 0 Å². The van der Waals surface area contributed by atoms with Crippen LogP contribution in [-0.2, 0) is 11.2 Å². The standard InChI is InChI=1S/C18H27NO/c1-3-19-13-18(10-11-20-17(18)15-8-9-15)12-16-7-5-4-6-14(16)2/h4-7,15,17,19H,3,8-13H2,1-2H3. The molecule has 2 aliphatic rings. The van der Waals surface area contributed by atoms with Crippen LogP contribution in [0.25, 0.3) is 0 Å². The van der Waals surface area contributed by atoms with Gasteiger partial charge in [0.2, 0.25) is 0 Å². The summed E-state index contributed by atoms with van der Waals surface area (Å²) in [6.45, 7) is 7.52. The molecule has 1 aliphatic carbocycles. The second kappa shape index (κ2) is 5.87. The lowest BCUT2D eigenvalue weighted by molar-refractivity contribution is 0.0308. The quantitative estimate of drug-likeness (QED) is 0.858. The number of ether oxygens (including phenoxy) is 1. The van der Waals surface area contributed by atoms with Crippen LogP contribution >= 0.6 is 0 Å². The molecule has 0 amide bonds. The molecule has 1 saturated carbocycles. The van der Waals surface area contributed by atoms with Crippen LogP contribution in [0, 0.1) is 18.3 Å². The van der Waals surface area contributed by atoms with Crippen LogP contribution in [0.1, 0.15) is 37.3 Å². The minimum absolute atomic E-state index is 0.309. The summed E-state index contributed by atoms with van der Waals surface area (Å²) < 4.78 is 6.16. The highest BCUT2D eigenvalue weighted by molar-refractivity contribution is 5.27. The van der Waals surface area contributed by atoms with Crippen LogP contribution in [0.3, 0.4) is 0 Å². The van der Waals surface area contributed by atoms with Gasteiger partial charge >= 0.3 is 0 Å². The molecule has 110 valence electrons. The van der Waals surface area contributed by atoms with Gasteiger partial charge in [0.05, 0.1) is 6.10 Å². The Labute approximate surface area is 122 Å². The van der Waals surface area contributed by atoms with E-state index in [1.807, 2.05) is 0 Å². The number of nitrogens with one attached hydrogen (secondary N) is 1. The highest BCUT2D eigenvalue weighted by atomic mass is 16.5. The van der Waals surface area contributed by atoms with Crippen molar-refractivity contribution in [3.05, 3.63) is 35.4 Å². The molecule has 20 heavy (non-hydrogen) atoms. The number of rotatable bonds is 6. The summed E-state index contributed by atoms with van der Waals surface area (Å²) in [4.78, 5) is 0. The molecule has 0 spiro atoms. The summed E-state index contributed by atoms with van der Waals surface area (Å²) in [5.74, 6) is 0.820. The van der Waals surface area contributed by atoms with E-state index in [1.54, 1.807) is 0 Å². The van der Waals surface area contributed by atoms with Crippen LogP contribution in [0.5, 0.6) is 0 Å². The Balaban J connectivity index is 1.83. The Hall–Kier alpha value is -0.860. The normalized spacial score (nSPS) is 29.8. The smallest absolute Gasteiger partial charge is 0.0675 e. The Morgan fingerprint density at radius 2 is 2.10 bits per heavy atom. The average Bonchev–Trinajstić information content (AvgIpc) is 3.21. The number of hydrogen-bond acceptors (Lipinski definition) is 2. The van der Waals surface area contributed by atoms with Gasteiger partial charge in [0.25, 0.3) is 0 Å². The van der Waals surface area contributed by atoms with Gasteiger partial charge < -0.3 is 10.1 Å². The van der Waals surface area contributed by atoms with E-state index in [0.29, 0.717) is 11.5 Å². The first-order valence-electron chi connectivity index (χ1n) is 8.12. The van der Waals surface area contributed by atoms with Gasteiger partial charge in [-0.05, 0) is 56.2 Å². The fraction of sp³-hybridized carbons (Fsp3) is 0.667. The third kappa shape index (κ3) is 2.77. The fourth-order valence-corrected chi connectivity index (χ4v) is 3.75. The maximum Gasteiger partial charge on any atom is 0.0675 e. The third-order valence-corrected chi connectivity index (χ3v) is 5.08. The first kappa shape index (κ1) is 14.1. The molecule has 1 saturated heterocycles. The highest BCUT2D eigenvalue weighted by Crippen LogP contribution is 2.49. The van der Waals surface area contributed by atoms with Crippen molar-refractivity contribution >= 4 is 0 Å². The number of hydrogen-bond donors (Lipinski definition) is 1. The lowest BCUT2D eigenvalue weighted by atomic mass is 9.73. The molecule has 1 aromatic rings. The van der Waals surface area contributed by atoms with E-state index in [4.69, 9.17) is 4.74 Å². The van der Waals surface area contributed by atoms with Gasteiger partial charge in [-0.3, -0.25) is 0 Å². The van der Waals surface area contributed by atoms with Crippen molar-refractivity contribution in [1.29, 1.82) is 0 Å². The molecule has 0 aromatic heterocycles. The minimum atomic E-state index is 0.309. The van der Waals surface area contributed by atoms with Gasteiger partial charge in [0.1, 0.15) is 0 Å². The summed E-state index contributed by atoms with van der Waals surface area (Å²) in [7, 11) is 0. The SMILES string of the molecule is CCNCC1(Cc2ccccc2C)CCOC1C1CC1. The van der Waals surface area contributed by atoms with E-state index in [2.05, 4.69) is 43.4 Å². The molecular formula is C18H27NO. The van der Waals surface area contributed by atoms with E-state index in [1.165, 1.54) is 30.4 Å². The molecule has 1 N–H and O–H groups in total. The van der Waals surface area contributed by atoms with Gasteiger partial charge in [0, 0.05) is 18.6 Å². The monoisotopic (exact) mass is 273 g/mol. The molecule has 2 heteroatoms. The molecular weight excluding hydrogens is 246 g/mol. The third-order valence-electron chi connectivity index (χ3n) is 5.08. The maximum atomic E-state index is 6.16. The molecule has 2 fully saturated rings. The van der Waals surface area contributed by atoms with Gasteiger partial charge in [0.15, 0.2) is 0 Å². The van der Waals surface area contributed by atoms with Crippen LogP contribution < -0.4 is 5.32 Å². The topological polar surface area (TPSA) is 21.3 Å². The Morgan fingerprint density at radius 1 is 1.30 bits per heavy atom. The molecule has 2 atom stereocenters. The van der Waals surface area contributed by atoms with Gasteiger partial charge in [-0.15, -0.1) is 0 Å². The predicted molar refractivity (Wildman–Crippen MR) is 82.9 cm³/mol. The minimum Gasteiger partial charge on any atom is -0.377 e. The predicted octanol–water partition coefficient (Wildman–Crippen LogP) is 3.33. The van der Waals surface area contributed by atoms with Crippen molar-refractivity contribution in [3.63, 3.8) is 0 Å². The zero-order valence-corrected chi connectivity index (χ0v) is 12.8. The average molecular weight is 273 g/mol. The lowest BCUT2D eigenvalue weighted by Gasteiger charge is -2.35. The van der Waals surface area contributed by atoms with Gasteiger partial charge in [-0.1, -0.05) is 31.2 Å². The van der Waals surface area contributed by atoms with Crippen LogP contribution in [0.4, 0.5) is 0 Å². The summed E-state index contributed by atoms with van der Waals surface area (Å²) in [5, 5.41) is 3.60. The first-order chi connectivity index (χ1) is 9.75. The van der Waals surface area contributed by atoms with Crippen LogP contribution in [0.15, 0.2) is 24.3 Å². The largest absolute Gasteiger partial charge is 0.377 e. The molecule has 2 nitrogen and oxygen atoms in total. The molecule has 0 radical (unpaired) electrons.